The molecule has 0 saturated heterocycles. The zero-order valence-electron chi connectivity index (χ0n) is 17.0. The number of carbonyl (C=O) groups excluding carboxylic acids is 1. The molecule has 0 spiro atoms. The summed E-state index contributed by atoms with van der Waals surface area (Å²) in [6, 6.07) is 4.74. The van der Waals surface area contributed by atoms with Gasteiger partial charge in [0.2, 0.25) is 0 Å². The Morgan fingerprint density at radius 1 is 1.30 bits per heavy atom. The number of fused-ring (bicyclic) bond motifs is 1. The van der Waals surface area contributed by atoms with Crippen LogP contribution in [0.3, 0.4) is 0 Å². The van der Waals surface area contributed by atoms with E-state index >= 15 is 0 Å². The van der Waals surface area contributed by atoms with Crippen molar-refractivity contribution in [3.63, 3.8) is 0 Å². The summed E-state index contributed by atoms with van der Waals surface area (Å²) in [4.78, 5) is 36.1. The van der Waals surface area contributed by atoms with Gasteiger partial charge in [0.25, 0.3) is 5.91 Å². The fourth-order valence-corrected chi connectivity index (χ4v) is 4.92. The maximum absolute atomic E-state index is 14.5. The molecule has 3 heterocycles. The summed E-state index contributed by atoms with van der Waals surface area (Å²) in [5.74, 6) is -0.770. The number of hydrogen-bond acceptors (Lipinski definition) is 4. The Morgan fingerprint density at radius 3 is 2.67 bits per heavy atom. The van der Waals surface area contributed by atoms with E-state index in [0.29, 0.717) is 52.4 Å². The third-order valence-corrected chi connectivity index (χ3v) is 6.25. The fourth-order valence-electron chi connectivity index (χ4n) is 4.54. The van der Waals surface area contributed by atoms with Crippen molar-refractivity contribution in [1.82, 2.24) is 15.0 Å². The van der Waals surface area contributed by atoms with Crippen LogP contribution in [0.15, 0.2) is 29.2 Å². The lowest BCUT2D eigenvalue weighted by molar-refractivity contribution is 0.0997. The van der Waals surface area contributed by atoms with E-state index < -0.39 is 17.0 Å². The topological polar surface area (TPSA) is 102 Å². The Morgan fingerprint density at radius 2 is 2.03 bits per heavy atom. The number of aromatic amines is 1. The number of alkyl halides is 1. The minimum absolute atomic E-state index is 0.0769. The van der Waals surface area contributed by atoms with Gasteiger partial charge in [-0.25, -0.2) is 4.39 Å². The van der Waals surface area contributed by atoms with Crippen molar-refractivity contribution in [2.24, 2.45) is 5.73 Å². The van der Waals surface area contributed by atoms with Gasteiger partial charge in [0.05, 0.1) is 27.3 Å². The summed E-state index contributed by atoms with van der Waals surface area (Å²) < 4.78 is 14.5. The number of pyridine rings is 3. The molecule has 6 nitrogen and oxygen atoms in total. The lowest BCUT2D eigenvalue weighted by atomic mass is 9.83. The van der Waals surface area contributed by atoms with E-state index in [2.05, 4.69) is 9.97 Å². The molecule has 1 aliphatic rings. The van der Waals surface area contributed by atoms with E-state index in [9.17, 15) is 14.0 Å². The molecular weight excluding hydrogens is 407 g/mol. The first-order valence-corrected chi connectivity index (χ1v) is 10.1. The quantitative estimate of drug-likeness (QED) is 0.652. The highest BCUT2D eigenvalue weighted by Crippen LogP contribution is 2.49. The predicted octanol–water partition coefficient (Wildman–Crippen LogP) is 4.22. The molecular formula is C22H22ClFN4O2. The van der Waals surface area contributed by atoms with Gasteiger partial charge in [0.15, 0.2) is 5.43 Å². The highest BCUT2D eigenvalue weighted by molar-refractivity contribution is 6.31. The minimum atomic E-state index is -1.23. The van der Waals surface area contributed by atoms with Crippen LogP contribution in [-0.4, -0.2) is 26.5 Å². The van der Waals surface area contributed by atoms with Gasteiger partial charge in [-0.3, -0.25) is 19.6 Å². The first kappa shape index (κ1) is 20.5. The van der Waals surface area contributed by atoms with Crippen molar-refractivity contribution in [2.45, 2.75) is 51.1 Å². The Bertz CT molecular complexity index is 1250. The van der Waals surface area contributed by atoms with Crippen LogP contribution in [0.25, 0.3) is 22.2 Å². The summed E-state index contributed by atoms with van der Waals surface area (Å²) in [6.07, 6.45) is 2.91. The van der Waals surface area contributed by atoms with Crippen molar-refractivity contribution >= 4 is 28.4 Å². The molecule has 1 amide bonds. The molecule has 1 aliphatic carbocycles. The van der Waals surface area contributed by atoms with Gasteiger partial charge in [-0.05, 0) is 45.2 Å². The number of H-pyrrole nitrogens is 1. The van der Waals surface area contributed by atoms with Crippen molar-refractivity contribution in [3.8, 4) is 11.3 Å². The number of hydrogen-bond donors (Lipinski definition) is 2. The van der Waals surface area contributed by atoms with Crippen LogP contribution in [0.1, 0.15) is 55.0 Å². The van der Waals surface area contributed by atoms with E-state index in [-0.39, 0.29) is 16.5 Å². The number of rotatable bonds is 3. The van der Waals surface area contributed by atoms with Crippen LogP contribution < -0.4 is 11.2 Å². The Kier molecular flexibility index (Phi) is 4.69. The van der Waals surface area contributed by atoms with E-state index in [1.54, 1.807) is 19.1 Å². The average molecular weight is 429 g/mol. The van der Waals surface area contributed by atoms with Crippen LogP contribution in [-0.2, 0) is 5.41 Å². The number of aromatic nitrogens is 3. The van der Waals surface area contributed by atoms with Gasteiger partial charge in [0, 0.05) is 28.9 Å². The number of primary amides is 1. The van der Waals surface area contributed by atoms with Crippen LogP contribution >= 0.6 is 11.6 Å². The SMILES string of the molecule is Cc1nc(C2(C)CCC(C)(F)C2)c(Cl)cc1-c1cc(=O)c2c(C(N)=O)nccc2[nH]1. The highest BCUT2D eigenvalue weighted by atomic mass is 35.5. The molecule has 1 saturated carbocycles. The van der Waals surface area contributed by atoms with Gasteiger partial charge in [-0.2, -0.15) is 0 Å². The van der Waals surface area contributed by atoms with Crippen LogP contribution in [0.2, 0.25) is 5.02 Å². The van der Waals surface area contributed by atoms with E-state index in [1.807, 2.05) is 13.8 Å². The van der Waals surface area contributed by atoms with Crippen LogP contribution in [0.5, 0.6) is 0 Å². The van der Waals surface area contributed by atoms with E-state index in [0.717, 1.165) is 0 Å². The number of nitrogens with two attached hydrogens (primary N) is 1. The summed E-state index contributed by atoms with van der Waals surface area (Å²) in [5, 5.41) is 0.576. The Balaban J connectivity index is 1.84. The molecule has 0 aromatic carbocycles. The minimum Gasteiger partial charge on any atom is -0.364 e. The lowest BCUT2D eigenvalue weighted by Crippen LogP contribution is -2.24. The molecule has 3 aromatic heterocycles. The largest absolute Gasteiger partial charge is 0.364 e. The smallest absolute Gasteiger partial charge is 0.268 e. The van der Waals surface area contributed by atoms with Gasteiger partial charge in [0.1, 0.15) is 11.4 Å². The number of nitrogens with one attached hydrogen (secondary N) is 1. The maximum atomic E-state index is 14.5. The second kappa shape index (κ2) is 6.87. The highest BCUT2D eigenvalue weighted by Gasteiger charge is 2.46. The first-order valence-electron chi connectivity index (χ1n) is 9.69. The number of halogens is 2. The number of carbonyl (C=O) groups is 1. The molecule has 2 atom stereocenters. The molecule has 4 rings (SSSR count). The first-order chi connectivity index (χ1) is 14.0. The lowest BCUT2D eigenvalue weighted by Gasteiger charge is -2.26. The normalized spacial score (nSPS) is 23.8. The van der Waals surface area contributed by atoms with E-state index in [4.69, 9.17) is 22.3 Å². The molecule has 0 radical (unpaired) electrons. The fraction of sp³-hybridized carbons (Fsp3) is 0.364. The van der Waals surface area contributed by atoms with Crippen molar-refractivity contribution in [2.75, 3.05) is 0 Å². The number of nitrogens with zero attached hydrogens (tertiary/aromatic N) is 2. The number of aryl methyl sites for hydroxylation is 1. The second-order valence-corrected chi connectivity index (χ2v) is 9.00. The predicted molar refractivity (Wildman–Crippen MR) is 115 cm³/mol. The molecule has 156 valence electrons. The van der Waals surface area contributed by atoms with Gasteiger partial charge in [-0.1, -0.05) is 18.5 Å². The Hall–Kier alpha value is -2.80. The molecule has 3 aromatic rings. The van der Waals surface area contributed by atoms with Crippen molar-refractivity contribution in [1.29, 1.82) is 0 Å². The third-order valence-electron chi connectivity index (χ3n) is 5.96. The monoisotopic (exact) mass is 428 g/mol. The molecule has 0 bridgehead atoms. The second-order valence-electron chi connectivity index (χ2n) is 8.60. The maximum Gasteiger partial charge on any atom is 0.268 e. The summed E-state index contributed by atoms with van der Waals surface area (Å²) in [5.41, 5.74) is 6.17. The standard InChI is InChI=1S/C22H22ClFN4O2/c1-11-12(8-13(23)19(27-11)21(2)5-6-22(3,24)10-21)15-9-16(29)17-14(28-15)4-7-26-18(17)20(25)30/h4,7-9H,5-6,10H2,1-3H3,(H2,25,30)(H,28,29). The zero-order valence-corrected chi connectivity index (χ0v) is 17.7. The molecule has 0 aliphatic heterocycles. The van der Waals surface area contributed by atoms with Crippen LogP contribution in [0.4, 0.5) is 4.39 Å². The Labute approximate surface area is 177 Å². The summed E-state index contributed by atoms with van der Waals surface area (Å²) in [6.45, 7) is 5.43. The van der Waals surface area contributed by atoms with E-state index in [1.165, 1.54) is 12.3 Å². The van der Waals surface area contributed by atoms with Crippen molar-refractivity contribution < 1.29 is 9.18 Å². The summed E-state index contributed by atoms with van der Waals surface area (Å²) in [7, 11) is 0. The molecule has 30 heavy (non-hydrogen) atoms. The molecule has 8 heteroatoms. The van der Waals surface area contributed by atoms with Gasteiger partial charge in [-0.15, -0.1) is 0 Å². The van der Waals surface area contributed by atoms with Gasteiger partial charge >= 0.3 is 0 Å². The number of amides is 1. The molecule has 2 unspecified atom stereocenters. The third kappa shape index (κ3) is 3.37. The molecule has 1 fully saturated rings. The molecule has 3 N–H and O–H groups in total. The van der Waals surface area contributed by atoms with Crippen molar-refractivity contribution in [3.05, 3.63) is 56.7 Å². The average Bonchev–Trinajstić information content (AvgIpc) is 2.96. The zero-order chi connectivity index (χ0) is 21.8. The van der Waals surface area contributed by atoms with Gasteiger partial charge < -0.3 is 10.7 Å². The summed E-state index contributed by atoms with van der Waals surface area (Å²) >= 11 is 6.59. The van der Waals surface area contributed by atoms with Crippen LogP contribution in [0, 0.1) is 6.92 Å².